The molecule has 0 saturated carbocycles. The lowest BCUT2D eigenvalue weighted by atomic mass is 9.94. The predicted molar refractivity (Wildman–Crippen MR) is 60.3 cm³/mol. The third-order valence-corrected chi connectivity index (χ3v) is 3.31. The number of rotatable bonds is 4. The van der Waals surface area contributed by atoms with Crippen LogP contribution >= 0.6 is 0 Å². The molecule has 21 heavy (non-hydrogen) atoms. The van der Waals surface area contributed by atoms with E-state index in [-0.39, 0.29) is 18.5 Å². The molecule has 1 aromatic rings. The second-order valence-electron chi connectivity index (χ2n) is 4.81. The molecule has 3 nitrogen and oxygen atoms in total. The van der Waals surface area contributed by atoms with Gasteiger partial charge in [0, 0.05) is 12.1 Å². The first kappa shape index (κ1) is 15.8. The summed E-state index contributed by atoms with van der Waals surface area (Å²) in [5.41, 5.74) is -2.02. The molecule has 0 bridgehead atoms. The number of carbonyl (C=O) groups is 1. The zero-order valence-electron chi connectivity index (χ0n) is 10.8. The van der Waals surface area contributed by atoms with Crippen LogP contribution in [0.1, 0.15) is 34.6 Å². The summed E-state index contributed by atoms with van der Waals surface area (Å²) in [7, 11) is 0. The Morgan fingerprint density at radius 2 is 1.86 bits per heavy atom. The predicted octanol–water partition coefficient (Wildman–Crippen LogP) is 3.07. The maximum absolute atomic E-state index is 13.4. The highest BCUT2D eigenvalue weighted by Gasteiger charge is 2.42. The van der Waals surface area contributed by atoms with E-state index in [1.165, 1.54) is 0 Å². The Labute approximate surface area is 115 Å². The average Bonchev–Trinajstić information content (AvgIpc) is 2.78. The van der Waals surface area contributed by atoms with Crippen molar-refractivity contribution in [1.29, 1.82) is 0 Å². The second kappa shape index (κ2) is 5.69. The molecule has 0 N–H and O–H groups in total. The molecule has 0 fully saturated rings. The van der Waals surface area contributed by atoms with E-state index in [0.717, 1.165) is 0 Å². The molecule has 118 valence electrons. The van der Waals surface area contributed by atoms with E-state index in [1.54, 1.807) is 0 Å². The molecule has 0 aromatic carbocycles. The van der Waals surface area contributed by atoms with Gasteiger partial charge in [0.1, 0.15) is 6.67 Å². The van der Waals surface area contributed by atoms with Crippen LogP contribution in [-0.4, -0.2) is 34.6 Å². The van der Waals surface area contributed by atoms with Crippen LogP contribution in [0.15, 0.2) is 0 Å². The largest absolute Gasteiger partial charge is 0.435 e. The highest BCUT2D eigenvalue weighted by Crippen LogP contribution is 2.36. The standard InChI is InChI=1S/C12H12F6N2O/c13-4-6(14)7(15)5-20-8-2-1-3-9(21)10(8)11(19-20)12(16,17)18/h6-7H,1-5H2. The number of nitrogens with zero attached hydrogens (tertiary/aromatic N) is 2. The summed E-state index contributed by atoms with van der Waals surface area (Å²) in [5, 5.41) is 3.21. The lowest BCUT2D eigenvalue weighted by Crippen LogP contribution is -2.27. The van der Waals surface area contributed by atoms with Gasteiger partial charge in [-0.1, -0.05) is 0 Å². The van der Waals surface area contributed by atoms with Crippen LogP contribution in [-0.2, 0) is 19.1 Å². The maximum atomic E-state index is 13.4. The number of halogens is 6. The van der Waals surface area contributed by atoms with Crippen molar-refractivity contribution < 1.29 is 31.1 Å². The molecule has 0 amide bonds. The lowest BCUT2D eigenvalue weighted by Gasteiger charge is -2.16. The van der Waals surface area contributed by atoms with Gasteiger partial charge in [0.15, 0.2) is 23.8 Å². The van der Waals surface area contributed by atoms with Gasteiger partial charge in [0.05, 0.1) is 12.1 Å². The van der Waals surface area contributed by atoms with Crippen molar-refractivity contribution in [2.45, 2.75) is 44.3 Å². The fraction of sp³-hybridized carbons (Fsp3) is 0.667. The van der Waals surface area contributed by atoms with E-state index in [1.807, 2.05) is 0 Å². The molecule has 1 aliphatic carbocycles. The fourth-order valence-electron chi connectivity index (χ4n) is 2.31. The van der Waals surface area contributed by atoms with Gasteiger partial charge in [-0.05, 0) is 12.8 Å². The first-order valence-electron chi connectivity index (χ1n) is 6.30. The van der Waals surface area contributed by atoms with Gasteiger partial charge in [-0.15, -0.1) is 0 Å². The summed E-state index contributed by atoms with van der Waals surface area (Å²) in [4.78, 5) is 11.7. The van der Waals surface area contributed by atoms with Crippen LogP contribution < -0.4 is 0 Å². The molecule has 0 spiro atoms. The van der Waals surface area contributed by atoms with Gasteiger partial charge < -0.3 is 0 Å². The number of Topliss-reactive ketones (excluding diaryl/α,β-unsaturated/α-hetero) is 1. The number of fused-ring (bicyclic) bond motifs is 1. The molecule has 0 aliphatic heterocycles. The molecule has 9 heteroatoms. The Hall–Kier alpha value is -1.54. The Kier molecular flexibility index (Phi) is 4.29. The van der Waals surface area contributed by atoms with Crippen LogP contribution in [0.5, 0.6) is 0 Å². The highest BCUT2D eigenvalue weighted by molar-refractivity contribution is 5.99. The van der Waals surface area contributed by atoms with Crippen LogP contribution in [0, 0.1) is 0 Å². The quantitative estimate of drug-likeness (QED) is 0.801. The van der Waals surface area contributed by atoms with Gasteiger partial charge in [-0.2, -0.15) is 18.3 Å². The van der Waals surface area contributed by atoms with Gasteiger partial charge in [0.2, 0.25) is 0 Å². The van der Waals surface area contributed by atoms with Crippen molar-refractivity contribution in [2.24, 2.45) is 0 Å². The zero-order valence-corrected chi connectivity index (χ0v) is 10.8. The first-order valence-corrected chi connectivity index (χ1v) is 6.30. The number of hydrogen-bond donors (Lipinski definition) is 0. The fourth-order valence-corrected chi connectivity index (χ4v) is 2.31. The van der Waals surface area contributed by atoms with Crippen molar-refractivity contribution in [1.82, 2.24) is 9.78 Å². The van der Waals surface area contributed by atoms with E-state index in [2.05, 4.69) is 5.10 Å². The molecular formula is C12H12F6N2O. The first-order chi connectivity index (χ1) is 9.75. The zero-order chi connectivity index (χ0) is 15.8. The SMILES string of the molecule is O=C1CCCc2c1c(C(F)(F)F)nn2CC(F)C(F)CF. The van der Waals surface area contributed by atoms with Gasteiger partial charge >= 0.3 is 6.18 Å². The van der Waals surface area contributed by atoms with Crippen molar-refractivity contribution in [3.8, 4) is 0 Å². The molecule has 2 rings (SSSR count). The monoisotopic (exact) mass is 314 g/mol. The van der Waals surface area contributed by atoms with Crippen molar-refractivity contribution in [2.75, 3.05) is 6.67 Å². The Morgan fingerprint density at radius 3 is 2.43 bits per heavy atom. The smallest absolute Gasteiger partial charge is 0.294 e. The van der Waals surface area contributed by atoms with E-state index >= 15 is 0 Å². The summed E-state index contributed by atoms with van der Waals surface area (Å²) < 4.78 is 77.6. The average molecular weight is 314 g/mol. The molecule has 1 aromatic heterocycles. The van der Waals surface area contributed by atoms with Gasteiger partial charge in [0.25, 0.3) is 0 Å². The van der Waals surface area contributed by atoms with E-state index in [9.17, 15) is 31.1 Å². The molecule has 1 aliphatic rings. The summed E-state index contributed by atoms with van der Waals surface area (Å²) in [6.45, 7) is -2.42. The Balaban J connectivity index is 2.41. The molecule has 2 atom stereocenters. The Morgan fingerprint density at radius 1 is 1.19 bits per heavy atom. The minimum atomic E-state index is -4.86. The molecule has 2 unspecified atom stereocenters. The van der Waals surface area contributed by atoms with Crippen LogP contribution in [0.4, 0.5) is 26.3 Å². The summed E-state index contributed by atoms with van der Waals surface area (Å²) in [6.07, 6.45) is -9.23. The van der Waals surface area contributed by atoms with Crippen LogP contribution in [0.25, 0.3) is 0 Å². The third-order valence-electron chi connectivity index (χ3n) is 3.31. The second-order valence-corrected chi connectivity index (χ2v) is 4.81. The number of carbonyl (C=O) groups excluding carboxylic acids is 1. The topological polar surface area (TPSA) is 34.9 Å². The van der Waals surface area contributed by atoms with Crippen LogP contribution in [0.3, 0.4) is 0 Å². The number of ketones is 1. The van der Waals surface area contributed by atoms with E-state index in [0.29, 0.717) is 11.1 Å². The van der Waals surface area contributed by atoms with Crippen LogP contribution in [0.2, 0.25) is 0 Å². The van der Waals surface area contributed by atoms with Gasteiger partial charge in [-0.25, -0.2) is 13.2 Å². The van der Waals surface area contributed by atoms with Crippen molar-refractivity contribution in [3.05, 3.63) is 17.0 Å². The maximum Gasteiger partial charge on any atom is 0.435 e. The van der Waals surface area contributed by atoms with E-state index < -0.39 is 48.8 Å². The lowest BCUT2D eigenvalue weighted by molar-refractivity contribution is -0.141. The highest BCUT2D eigenvalue weighted by atomic mass is 19.4. The molecule has 0 saturated heterocycles. The summed E-state index contributed by atoms with van der Waals surface area (Å²) >= 11 is 0. The van der Waals surface area contributed by atoms with Gasteiger partial charge in [-0.3, -0.25) is 9.48 Å². The number of aromatic nitrogens is 2. The molecular weight excluding hydrogens is 302 g/mol. The number of hydrogen-bond acceptors (Lipinski definition) is 2. The minimum absolute atomic E-state index is 0.0446. The third kappa shape index (κ3) is 3.06. The normalized spacial score (nSPS) is 18.5. The van der Waals surface area contributed by atoms with E-state index in [4.69, 9.17) is 0 Å². The number of alkyl halides is 6. The Bertz CT molecular complexity index is 539. The van der Waals surface area contributed by atoms with Crippen molar-refractivity contribution >= 4 is 5.78 Å². The summed E-state index contributed by atoms with van der Waals surface area (Å²) in [5.74, 6) is -0.715. The summed E-state index contributed by atoms with van der Waals surface area (Å²) in [6, 6.07) is 0. The molecule has 1 heterocycles. The molecule has 0 radical (unpaired) electrons. The minimum Gasteiger partial charge on any atom is -0.294 e. The van der Waals surface area contributed by atoms with Crippen molar-refractivity contribution in [3.63, 3.8) is 0 Å².